The molecule has 1 unspecified atom stereocenters. The van der Waals surface area contributed by atoms with E-state index in [0.29, 0.717) is 44.5 Å². The topological polar surface area (TPSA) is 304 Å². The first kappa shape index (κ1) is 70.5. The minimum atomic E-state index is -1.62. The summed E-state index contributed by atoms with van der Waals surface area (Å²) < 4.78 is 0. The SMILES string of the molecule is CCCCCCCC[C@H](NC(=O)[C@@H]1CCCN1C(O)c1ccc[nH]1)C(=O)N[C@@H](CC(C)C)C(=O)NC(C)(C)C(=O)N[C@@H](CC(C)C)C(=O)N[C@@H](CC(C)C)C(=O)NC(C)(C)C(=O)NC(C)(C)C(=O)NCCC(=O)N[C@@H](C)CN(C)C. The van der Waals surface area contributed by atoms with Gasteiger partial charge in [0.25, 0.3) is 0 Å². The predicted molar refractivity (Wildman–Crippen MR) is 310 cm³/mol. The number of likely N-dealkylation sites (tertiary alicyclic amines) is 1. The number of nitrogens with one attached hydrogen (secondary N) is 10. The maximum atomic E-state index is 14.3. The Morgan fingerprint density at radius 1 is 0.637 bits per heavy atom. The second-order valence-electron chi connectivity index (χ2n) is 25.1. The summed E-state index contributed by atoms with van der Waals surface area (Å²) in [6.07, 6.45) is 8.41. The number of H-pyrrole nitrogens is 1. The van der Waals surface area contributed by atoms with Crippen LogP contribution in [0.3, 0.4) is 0 Å². The van der Waals surface area contributed by atoms with E-state index in [9.17, 15) is 48.3 Å². The molecule has 1 aromatic heterocycles. The molecule has 1 fully saturated rings. The van der Waals surface area contributed by atoms with Crippen LogP contribution in [-0.4, -0.2) is 160 Å². The van der Waals surface area contributed by atoms with Gasteiger partial charge in [-0.15, -0.1) is 0 Å². The third kappa shape index (κ3) is 24.6. The van der Waals surface area contributed by atoms with Gasteiger partial charge in [0.2, 0.25) is 53.2 Å². The zero-order chi connectivity index (χ0) is 60.7. The normalized spacial score (nSPS) is 16.5. The molecule has 7 atom stereocenters. The van der Waals surface area contributed by atoms with Gasteiger partial charge < -0.3 is 62.8 Å². The Morgan fingerprint density at radius 3 is 1.65 bits per heavy atom. The number of unbranched alkanes of at least 4 members (excludes halogenated alkanes) is 5. The minimum absolute atomic E-state index is 0.0306. The van der Waals surface area contributed by atoms with Crippen molar-refractivity contribution in [3.8, 4) is 0 Å². The third-order valence-corrected chi connectivity index (χ3v) is 14.0. The van der Waals surface area contributed by atoms with Crippen molar-refractivity contribution in [3.63, 3.8) is 0 Å². The molecule has 456 valence electrons. The lowest BCUT2D eigenvalue weighted by atomic mass is 9.96. The zero-order valence-electron chi connectivity index (χ0n) is 51.3. The molecule has 2 heterocycles. The summed E-state index contributed by atoms with van der Waals surface area (Å²) in [5, 5.41) is 36.4. The molecule has 2 rings (SSSR count). The first-order chi connectivity index (χ1) is 37.2. The summed E-state index contributed by atoms with van der Waals surface area (Å²) in [4.78, 5) is 131. The molecule has 80 heavy (non-hydrogen) atoms. The smallest absolute Gasteiger partial charge is 0.246 e. The van der Waals surface area contributed by atoms with Crippen molar-refractivity contribution >= 4 is 53.2 Å². The van der Waals surface area contributed by atoms with E-state index in [1.165, 1.54) is 41.5 Å². The number of carbonyl (C=O) groups excluding carboxylic acids is 9. The summed E-state index contributed by atoms with van der Waals surface area (Å²) in [6.45, 7) is 25.3. The number of aromatic nitrogens is 1. The standard InChI is InChI=1S/C58H104N12O10/c1-17-18-19-20-21-22-25-40(62-51(76)45-27-24-31-70(45)52(77)41-26-23-29-59-41)47(72)63-43(33-37(4)5)49(74)66-57(11,12)54(79)65-42(32-36(2)3)48(73)64-44(34-38(6)7)50(75)67-58(13,14)55(80)68-56(9,10)53(78)60-30-28-46(71)61-39(8)35-69(15)16/h23,26,29,36-40,42-45,52,59,77H,17-22,24-25,27-28,30-35H2,1-16H3,(H,60,78)(H,61,71)(H,62,76)(H,63,72)(H,64,73)(H,65,79)(H,66,74)(H,67,75)(H,68,80)/t39-,40-,42-,43-,44-,45-,52?/m0/s1. The van der Waals surface area contributed by atoms with Crippen molar-refractivity contribution in [2.45, 2.75) is 239 Å². The molecule has 0 spiro atoms. The van der Waals surface area contributed by atoms with Crippen molar-refractivity contribution in [1.82, 2.24) is 62.6 Å². The highest BCUT2D eigenvalue weighted by molar-refractivity contribution is 6.00. The Hall–Kier alpha value is -5.61. The van der Waals surface area contributed by atoms with E-state index in [2.05, 4.69) is 59.8 Å². The molecule has 0 aromatic carbocycles. The zero-order valence-corrected chi connectivity index (χ0v) is 51.3. The molecule has 22 heteroatoms. The van der Waals surface area contributed by atoms with Gasteiger partial charge in [-0.2, -0.15) is 0 Å². The van der Waals surface area contributed by atoms with Crippen LogP contribution in [0, 0.1) is 17.8 Å². The van der Waals surface area contributed by atoms with Crippen LogP contribution >= 0.6 is 0 Å². The number of carbonyl (C=O) groups is 9. The first-order valence-corrected chi connectivity index (χ1v) is 29.2. The highest BCUT2D eigenvalue weighted by Crippen LogP contribution is 2.27. The molecular weight excluding hydrogens is 1020 g/mol. The fraction of sp³-hybridized carbons (Fsp3) is 0.776. The van der Waals surface area contributed by atoms with Gasteiger partial charge in [0.05, 0.1) is 11.7 Å². The summed E-state index contributed by atoms with van der Waals surface area (Å²) >= 11 is 0. The van der Waals surface area contributed by atoms with Crippen molar-refractivity contribution in [1.29, 1.82) is 0 Å². The summed E-state index contributed by atoms with van der Waals surface area (Å²) in [5.74, 6) is -5.40. The van der Waals surface area contributed by atoms with Gasteiger partial charge in [-0.05, 0) is 131 Å². The van der Waals surface area contributed by atoms with Crippen LogP contribution in [0.25, 0.3) is 0 Å². The second kappa shape index (κ2) is 33.3. The molecule has 11 N–H and O–H groups in total. The lowest BCUT2D eigenvalue weighted by Gasteiger charge is -2.34. The maximum Gasteiger partial charge on any atom is 0.246 e. The van der Waals surface area contributed by atoms with Crippen LogP contribution in [-0.2, 0) is 43.2 Å². The van der Waals surface area contributed by atoms with Gasteiger partial charge in [0.1, 0.15) is 47.0 Å². The maximum absolute atomic E-state index is 14.3. The van der Waals surface area contributed by atoms with Gasteiger partial charge in [-0.3, -0.25) is 48.1 Å². The molecule has 1 aliphatic rings. The molecular formula is C58H104N12O10. The van der Waals surface area contributed by atoms with E-state index in [0.717, 1.165) is 32.1 Å². The quantitative estimate of drug-likeness (QED) is 0.0430. The van der Waals surface area contributed by atoms with E-state index < -0.39 is 100 Å². The number of hydrogen-bond acceptors (Lipinski definition) is 12. The number of amides is 9. The van der Waals surface area contributed by atoms with E-state index >= 15 is 0 Å². The van der Waals surface area contributed by atoms with Gasteiger partial charge >= 0.3 is 0 Å². The van der Waals surface area contributed by atoms with Crippen LogP contribution in [0.4, 0.5) is 0 Å². The number of aromatic amines is 1. The number of aliphatic hydroxyl groups excluding tert-OH is 1. The Labute approximate surface area is 477 Å². The number of rotatable bonds is 36. The van der Waals surface area contributed by atoms with Crippen molar-refractivity contribution in [2.24, 2.45) is 17.8 Å². The average Bonchev–Trinajstić information content (AvgIpc) is 4.07. The van der Waals surface area contributed by atoms with E-state index in [4.69, 9.17) is 0 Å². The minimum Gasteiger partial charge on any atom is -0.372 e. The van der Waals surface area contributed by atoms with E-state index in [-0.39, 0.29) is 61.9 Å². The molecule has 0 saturated carbocycles. The molecule has 9 amide bonds. The van der Waals surface area contributed by atoms with Crippen LogP contribution in [0.15, 0.2) is 18.3 Å². The van der Waals surface area contributed by atoms with Crippen molar-refractivity contribution in [2.75, 3.05) is 33.7 Å². The summed E-state index contributed by atoms with van der Waals surface area (Å²) in [5.41, 5.74) is -4.09. The van der Waals surface area contributed by atoms with Crippen LogP contribution in [0.5, 0.6) is 0 Å². The monoisotopic (exact) mass is 1130 g/mol. The summed E-state index contributed by atoms with van der Waals surface area (Å²) in [7, 11) is 3.80. The molecule has 1 aliphatic heterocycles. The molecule has 0 aliphatic carbocycles. The number of likely N-dealkylation sites (N-methyl/N-ethyl adjacent to an activating group) is 1. The lowest BCUT2D eigenvalue weighted by molar-refractivity contribution is -0.139. The second-order valence-corrected chi connectivity index (χ2v) is 25.1. The highest BCUT2D eigenvalue weighted by Gasteiger charge is 2.41. The van der Waals surface area contributed by atoms with Gasteiger partial charge in [-0.1, -0.05) is 87.0 Å². The number of hydrogen-bond donors (Lipinski definition) is 11. The molecule has 0 radical (unpaired) electrons. The van der Waals surface area contributed by atoms with E-state index in [1.54, 1.807) is 23.2 Å². The summed E-state index contributed by atoms with van der Waals surface area (Å²) in [6, 6.07) is -1.67. The fourth-order valence-corrected chi connectivity index (χ4v) is 9.56. The highest BCUT2D eigenvalue weighted by atomic mass is 16.3. The first-order valence-electron chi connectivity index (χ1n) is 29.2. The lowest BCUT2D eigenvalue weighted by Crippen LogP contribution is -2.65. The largest absolute Gasteiger partial charge is 0.372 e. The van der Waals surface area contributed by atoms with Crippen molar-refractivity contribution < 1.29 is 48.3 Å². The van der Waals surface area contributed by atoms with Gasteiger partial charge in [-0.25, -0.2) is 0 Å². The van der Waals surface area contributed by atoms with Gasteiger partial charge in [0, 0.05) is 38.3 Å². The van der Waals surface area contributed by atoms with Crippen LogP contribution in [0.1, 0.15) is 192 Å². The number of nitrogens with zero attached hydrogens (tertiary/aromatic N) is 2. The Balaban J connectivity index is 2.23. The third-order valence-electron chi connectivity index (χ3n) is 14.0. The molecule has 1 saturated heterocycles. The van der Waals surface area contributed by atoms with Gasteiger partial charge in [0.15, 0.2) is 0 Å². The Bertz CT molecular complexity index is 2160. The number of aliphatic hydroxyl groups is 1. The predicted octanol–water partition coefficient (Wildman–Crippen LogP) is 3.56. The fourth-order valence-electron chi connectivity index (χ4n) is 9.56. The average molecular weight is 1130 g/mol. The Morgan fingerprint density at radius 2 is 1.14 bits per heavy atom. The van der Waals surface area contributed by atoms with Crippen LogP contribution < -0.4 is 47.9 Å². The molecule has 1 aromatic rings. The molecule has 0 bridgehead atoms. The Kier molecular flexibility index (Phi) is 29.4. The van der Waals surface area contributed by atoms with Crippen molar-refractivity contribution in [3.05, 3.63) is 24.0 Å². The van der Waals surface area contributed by atoms with Crippen LogP contribution in [0.2, 0.25) is 0 Å². The van der Waals surface area contributed by atoms with E-state index in [1.807, 2.05) is 67.5 Å². The molecule has 22 nitrogen and oxygen atoms in total.